The molecular weight excluding hydrogens is 506 g/mol. The molecule has 0 saturated heterocycles. The van der Waals surface area contributed by atoms with E-state index in [1.165, 1.54) is 11.8 Å². The van der Waals surface area contributed by atoms with Gasteiger partial charge in [0.15, 0.2) is 11.5 Å². The molecule has 38 heavy (non-hydrogen) atoms. The zero-order valence-electron chi connectivity index (χ0n) is 22.9. The molecule has 2 aromatic rings. The lowest BCUT2D eigenvalue weighted by Gasteiger charge is -2.34. The van der Waals surface area contributed by atoms with Crippen molar-refractivity contribution in [2.75, 3.05) is 29.8 Å². The average molecular weight is 546 g/mol. The number of benzene rings is 2. The predicted octanol–water partition coefficient (Wildman–Crippen LogP) is 3.64. The Balaban J connectivity index is 1.98. The molecule has 0 saturated carbocycles. The molecule has 9 nitrogen and oxygen atoms in total. The molecule has 1 aliphatic heterocycles. The minimum Gasteiger partial charge on any atom is -0.486 e. The van der Waals surface area contributed by atoms with Gasteiger partial charge in [0.05, 0.1) is 11.4 Å². The van der Waals surface area contributed by atoms with Gasteiger partial charge in [-0.3, -0.25) is 13.9 Å². The van der Waals surface area contributed by atoms with Crippen molar-refractivity contribution in [2.24, 2.45) is 0 Å². The molecule has 1 heterocycles. The van der Waals surface area contributed by atoms with Gasteiger partial charge in [0.1, 0.15) is 25.8 Å². The summed E-state index contributed by atoms with van der Waals surface area (Å²) in [6, 6.07) is 11.7. The second-order valence-corrected chi connectivity index (χ2v) is 11.7. The van der Waals surface area contributed by atoms with Gasteiger partial charge in [-0.05, 0) is 51.3 Å². The smallest absolute Gasteiger partial charge is 0.244 e. The normalized spacial score (nSPS) is 14.3. The molecule has 0 fully saturated rings. The maximum Gasteiger partial charge on any atom is 0.244 e. The van der Waals surface area contributed by atoms with Crippen molar-refractivity contribution >= 4 is 27.5 Å². The second kappa shape index (κ2) is 13.0. The summed E-state index contributed by atoms with van der Waals surface area (Å²) in [6.07, 6.45) is 1.13. The third-order valence-corrected chi connectivity index (χ3v) is 8.36. The van der Waals surface area contributed by atoms with E-state index >= 15 is 0 Å². The third-order valence-electron chi connectivity index (χ3n) is 6.62. The number of rotatable bonds is 12. The Labute approximate surface area is 226 Å². The van der Waals surface area contributed by atoms with Gasteiger partial charge < -0.3 is 19.7 Å². The Bertz CT molecular complexity index is 1230. The van der Waals surface area contributed by atoms with E-state index in [-0.39, 0.29) is 24.2 Å². The summed E-state index contributed by atoms with van der Waals surface area (Å²) < 4.78 is 38.7. The molecule has 0 aromatic heterocycles. The molecule has 2 atom stereocenters. The first-order chi connectivity index (χ1) is 18.1. The average Bonchev–Trinajstić information content (AvgIpc) is 2.91. The number of hydrogen-bond acceptors (Lipinski definition) is 6. The number of amides is 2. The van der Waals surface area contributed by atoms with Crippen LogP contribution in [0.4, 0.5) is 5.69 Å². The highest BCUT2D eigenvalue weighted by Crippen LogP contribution is 2.35. The molecule has 2 aromatic carbocycles. The van der Waals surface area contributed by atoms with Crippen LogP contribution in [0, 0.1) is 6.92 Å². The molecule has 3 rings (SSSR count). The number of ether oxygens (including phenoxy) is 2. The van der Waals surface area contributed by atoms with Crippen molar-refractivity contribution in [2.45, 2.75) is 66.1 Å². The highest BCUT2D eigenvalue weighted by Gasteiger charge is 2.33. The molecule has 0 bridgehead atoms. The van der Waals surface area contributed by atoms with E-state index in [2.05, 4.69) is 5.32 Å². The predicted molar refractivity (Wildman–Crippen MR) is 148 cm³/mol. The lowest BCUT2D eigenvalue weighted by atomic mass is 10.1. The van der Waals surface area contributed by atoms with Gasteiger partial charge in [-0.1, -0.05) is 43.7 Å². The van der Waals surface area contributed by atoms with Crippen LogP contribution in [-0.2, 0) is 26.2 Å². The first kappa shape index (κ1) is 29.3. The fourth-order valence-corrected chi connectivity index (χ4v) is 5.33. The molecule has 0 spiro atoms. The molecular formula is C28H39N3O6S. The van der Waals surface area contributed by atoms with Crippen LogP contribution in [0.1, 0.15) is 51.7 Å². The first-order valence-corrected chi connectivity index (χ1v) is 14.8. The second-order valence-electron chi connectivity index (χ2n) is 9.49. The van der Waals surface area contributed by atoms with E-state index in [1.54, 1.807) is 18.2 Å². The number of fused-ring (bicyclic) bond motifs is 1. The fourth-order valence-electron chi connectivity index (χ4n) is 4.27. The summed E-state index contributed by atoms with van der Waals surface area (Å²) in [5.41, 5.74) is 2.19. The SMILES string of the molecule is CC[C@@H](C)NC(=O)[C@@H](CC)N(Cc1cccc(C)c1)C(=O)CN(c1ccc2c(c1)OCCO2)S(=O)(=O)CC. The minimum atomic E-state index is -3.83. The van der Waals surface area contributed by atoms with Gasteiger partial charge in [0.2, 0.25) is 21.8 Å². The number of sulfonamides is 1. The number of nitrogens with zero attached hydrogens (tertiary/aromatic N) is 2. The van der Waals surface area contributed by atoms with Crippen LogP contribution in [0.25, 0.3) is 0 Å². The van der Waals surface area contributed by atoms with Gasteiger partial charge in [0.25, 0.3) is 0 Å². The Morgan fingerprint density at radius 2 is 1.71 bits per heavy atom. The molecule has 2 amide bonds. The van der Waals surface area contributed by atoms with Crippen LogP contribution >= 0.6 is 0 Å². The Morgan fingerprint density at radius 1 is 1.00 bits per heavy atom. The molecule has 0 radical (unpaired) electrons. The Morgan fingerprint density at radius 3 is 2.34 bits per heavy atom. The number of hydrogen-bond donors (Lipinski definition) is 1. The highest BCUT2D eigenvalue weighted by atomic mass is 32.2. The topological polar surface area (TPSA) is 105 Å². The van der Waals surface area contributed by atoms with Gasteiger partial charge in [0, 0.05) is 18.7 Å². The lowest BCUT2D eigenvalue weighted by Crippen LogP contribution is -2.53. The summed E-state index contributed by atoms with van der Waals surface area (Å²) in [7, 11) is -3.83. The summed E-state index contributed by atoms with van der Waals surface area (Å²) in [5, 5.41) is 2.98. The molecule has 0 unspecified atom stereocenters. The maximum absolute atomic E-state index is 13.9. The van der Waals surface area contributed by atoms with Gasteiger partial charge in [-0.2, -0.15) is 0 Å². The first-order valence-electron chi connectivity index (χ1n) is 13.1. The van der Waals surface area contributed by atoms with Crippen LogP contribution < -0.4 is 19.1 Å². The van der Waals surface area contributed by atoms with Crippen LogP contribution in [0.3, 0.4) is 0 Å². The van der Waals surface area contributed by atoms with Crippen molar-refractivity contribution < 1.29 is 27.5 Å². The molecule has 1 N–H and O–H groups in total. The van der Waals surface area contributed by atoms with Gasteiger partial charge in [-0.15, -0.1) is 0 Å². The molecule has 208 valence electrons. The van der Waals surface area contributed by atoms with E-state index in [9.17, 15) is 18.0 Å². The fraction of sp³-hybridized carbons (Fsp3) is 0.500. The number of anilines is 1. The number of aryl methyl sites for hydroxylation is 1. The molecule has 1 aliphatic rings. The van der Waals surface area contributed by atoms with Crippen molar-refractivity contribution in [3.8, 4) is 11.5 Å². The summed E-state index contributed by atoms with van der Waals surface area (Å²) in [6.45, 7) is 9.71. The van der Waals surface area contributed by atoms with E-state index in [1.807, 2.05) is 52.0 Å². The van der Waals surface area contributed by atoms with E-state index in [4.69, 9.17) is 9.47 Å². The van der Waals surface area contributed by atoms with Crippen molar-refractivity contribution in [3.05, 3.63) is 53.6 Å². The van der Waals surface area contributed by atoms with Crippen molar-refractivity contribution in [3.63, 3.8) is 0 Å². The zero-order valence-corrected chi connectivity index (χ0v) is 23.7. The summed E-state index contributed by atoms with van der Waals surface area (Å²) in [5.74, 6) is 0.0253. The number of carbonyl (C=O) groups excluding carboxylic acids is 2. The summed E-state index contributed by atoms with van der Waals surface area (Å²) in [4.78, 5) is 28.6. The zero-order chi connectivity index (χ0) is 27.9. The van der Waals surface area contributed by atoms with E-state index < -0.39 is 28.5 Å². The lowest BCUT2D eigenvalue weighted by molar-refractivity contribution is -0.140. The van der Waals surface area contributed by atoms with Crippen LogP contribution in [0.5, 0.6) is 11.5 Å². The van der Waals surface area contributed by atoms with Crippen LogP contribution in [-0.4, -0.2) is 62.7 Å². The minimum absolute atomic E-state index is 0.0536. The van der Waals surface area contributed by atoms with E-state index in [0.29, 0.717) is 36.8 Å². The number of carbonyl (C=O) groups is 2. The van der Waals surface area contributed by atoms with Crippen LogP contribution in [0.2, 0.25) is 0 Å². The largest absolute Gasteiger partial charge is 0.486 e. The van der Waals surface area contributed by atoms with Crippen molar-refractivity contribution in [1.82, 2.24) is 10.2 Å². The monoisotopic (exact) mass is 545 g/mol. The Hall–Kier alpha value is -3.27. The third kappa shape index (κ3) is 7.18. The maximum atomic E-state index is 13.9. The van der Waals surface area contributed by atoms with Crippen molar-refractivity contribution in [1.29, 1.82) is 0 Å². The number of nitrogens with one attached hydrogen (secondary N) is 1. The quantitative estimate of drug-likeness (QED) is 0.437. The standard InChI is InChI=1S/C28H39N3O6S/c1-6-21(5)29-28(33)24(7-2)30(18-22-11-9-10-20(4)16-22)27(32)19-31(38(34,35)8-3)23-12-13-25-26(17-23)37-15-14-36-25/h9-13,16-17,21,24H,6-8,14-15,18-19H2,1-5H3,(H,29,33)/t21-,24-/m1/s1. The van der Waals surface area contributed by atoms with E-state index in [0.717, 1.165) is 21.9 Å². The Kier molecular flexibility index (Phi) is 10.0. The summed E-state index contributed by atoms with van der Waals surface area (Å²) >= 11 is 0. The molecule has 10 heteroatoms. The van der Waals surface area contributed by atoms with Gasteiger partial charge in [-0.25, -0.2) is 8.42 Å². The van der Waals surface area contributed by atoms with Gasteiger partial charge >= 0.3 is 0 Å². The molecule has 0 aliphatic carbocycles. The highest BCUT2D eigenvalue weighted by molar-refractivity contribution is 7.92. The van der Waals surface area contributed by atoms with Crippen LogP contribution in [0.15, 0.2) is 42.5 Å².